The molecule has 14 heteroatoms. The Morgan fingerprint density at radius 3 is 2.90 bits per heavy atom. The second kappa shape index (κ2) is 14.9. The number of fused-ring (bicyclic) bond motifs is 2. The van der Waals surface area contributed by atoms with Crippen LogP contribution in [0.3, 0.4) is 0 Å². The molecule has 258 valence electrons. The first-order chi connectivity index (χ1) is 28.4. The van der Waals surface area contributed by atoms with Crippen molar-refractivity contribution in [2.24, 2.45) is 11.8 Å². The Hall–Kier alpha value is -3.53. The van der Waals surface area contributed by atoms with E-state index in [1.807, 2.05) is 0 Å². The van der Waals surface area contributed by atoms with Crippen LogP contribution in [-0.2, 0) is 37.2 Å². The lowest BCUT2D eigenvalue weighted by Crippen LogP contribution is -2.51. The summed E-state index contributed by atoms with van der Waals surface area (Å²) in [5.74, 6) is -5.31. The van der Waals surface area contributed by atoms with E-state index in [1.54, 1.807) is 6.92 Å². The standard InChI is InChI=1S/C34H41N3O9S2/c1-21(2)16-37(48(40,41)27-8-9-31-24(15-27)10-12-42-31)17-30(38)29(36-34(39)46-32-19-45-33-28(32)11-13-43-33)14-23-4-6-26(7-5-23)44-18-25-20-47-22(3)35-25/h4-10,12,15,20-21,28-30,32-33,38H,11,13-14,16-19H2,1-3H3,(H,36,39)/t28-,29-,30+,32-,33+/m0/s1/i1D3,2D3,16D2,18D2,19D2,21D,32D. The highest BCUT2D eigenvalue weighted by molar-refractivity contribution is 7.89. The third-order valence-electron chi connectivity index (χ3n) is 7.49. The molecule has 0 unspecified atom stereocenters. The average Bonchev–Trinajstić information content (AvgIpc) is 3.96. The molecule has 4 aromatic rings. The van der Waals surface area contributed by atoms with Crippen molar-refractivity contribution in [1.82, 2.24) is 14.6 Å². The fourth-order valence-electron chi connectivity index (χ4n) is 5.11. The number of aryl methyl sites for hydroxylation is 1. The molecule has 6 rings (SSSR count). The Morgan fingerprint density at radius 2 is 2.12 bits per heavy atom. The maximum absolute atomic E-state index is 14.5. The van der Waals surface area contributed by atoms with Gasteiger partial charge in [-0.15, -0.1) is 11.3 Å². The van der Waals surface area contributed by atoms with Gasteiger partial charge in [0.15, 0.2) is 6.29 Å². The summed E-state index contributed by atoms with van der Waals surface area (Å²) in [6.07, 6.45) is -7.05. The van der Waals surface area contributed by atoms with E-state index >= 15 is 0 Å². The molecule has 5 atom stereocenters. The van der Waals surface area contributed by atoms with Gasteiger partial charge in [-0.2, -0.15) is 4.31 Å². The number of aliphatic hydroxyl groups is 1. The van der Waals surface area contributed by atoms with Crippen LogP contribution in [0.25, 0.3) is 11.0 Å². The van der Waals surface area contributed by atoms with E-state index in [0.717, 1.165) is 12.1 Å². The number of aliphatic hydroxyl groups excluding tert-OH is 1. The zero-order valence-corrected chi connectivity index (χ0v) is 27.0. The summed E-state index contributed by atoms with van der Waals surface area (Å²) < 4.78 is 172. The van der Waals surface area contributed by atoms with Crippen molar-refractivity contribution in [3.05, 3.63) is 76.4 Å². The van der Waals surface area contributed by atoms with Gasteiger partial charge in [-0.1, -0.05) is 25.8 Å². The Balaban J connectivity index is 1.38. The number of nitrogens with zero attached hydrogens (tertiary/aromatic N) is 2. The van der Waals surface area contributed by atoms with Crippen molar-refractivity contribution in [3.63, 3.8) is 0 Å². The average molecular weight is 714 g/mol. The predicted molar refractivity (Wildman–Crippen MR) is 178 cm³/mol. The normalized spacial score (nSPS) is 28.9. The zero-order valence-electron chi connectivity index (χ0n) is 39.3. The molecular formula is C34H41N3O9S2. The van der Waals surface area contributed by atoms with E-state index in [1.165, 1.54) is 59.4 Å². The molecule has 0 radical (unpaired) electrons. The molecular weight excluding hydrogens is 659 g/mol. The lowest BCUT2D eigenvalue weighted by atomic mass is 10.0. The summed E-state index contributed by atoms with van der Waals surface area (Å²) in [6.45, 7) is -17.3. The Bertz CT molecular complexity index is 2360. The van der Waals surface area contributed by atoms with Gasteiger partial charge in [0, 0.05) is 36.1 Å². The number of rotatable bonds is 14. The number of hydrogen-bond acceptors (Lipinski definition) is 11. The van der Waals surface area contributed by atoms with Gasteiger partial charge in [0.05, 0.1) is 59.9 Å². The molecule has 0 aliphatic carbocycles. The zero-order chi connectivity index (χ0) is 46.1. The molecule has 2 aliphatic rings. The van der Waals surface area contributed by atoms with Crippen LogP contribution in [-0.4, -0.2) is 79.6 Å². The van der Waals surface area contributed by atoms with Gasteiger partial charge in [0.25, 0.3) is 0 Å². The molecule has 2 fully saturated rings. The monoisotopic (exact) mass is 713 g/mol. The van der Waals surface area contributed by atoms with Crippen LogP contribution in [0.5, 0.6) is 5.75 Å². The van der Waals surface area contributed by atoms with Crippen LogP contribution >= 0.6 is 11.3 Å². The fraction of sp³-hybridized carbons (Fsp3) is 0.471. The number of amides is 1. The Labute approximate surface area is 303 Å². The SMILES string of the molecule is [2H]C([2H])(Oc1ccc(C[C@H](NC(=O)O[C@]2([2H])[C@@H]3CCO[C@@H]3OC2([2H])[2H])[C@H](O)CN(C([2H])([2H])C([2H])(C([2H])([2H])[2H])C([2H])([2H])[2H])S(=O)(=O)c2ccc3occc3c2)cc1)c1csc(C)n1. The third kappa shape index (κ3) is 8.18. The largest absolute Gasteiger partial charge is 0.487 e. The number of sulfonamides is 1. The van der Waals surface area contributed by atoms with Crippen LogP contribution in [0, 0.1) is 18.7 Å². The van der Waals surface area contributed by atoms with E-state index in [-0.39, 0.29) is 45.3 Å². The van der Waals surface area contributed by atoms with Crippen LogP contribution in [0.2, 0.25) is 0 Å². The molecule has 12 nitrogen and oxygen atoms in total. The molecule has 2 saturated heterocycles. The van der Waals surface area contributed by atoms with Crippen molar-refractivity contribution in [2.45, 2.75) is 69.4 Å². The first-order valence-electron chi connectivity index (χ1n) is 21.6. The molecule has 1 amide bonds. The molecule has 48 heavy (non-hydrogen) atoms. The van der Waals surface area contributed by atoms with Crippen molar-refractivity contribution < 1.29 is 60.9 Å². The summed E-state index contributed by atoms with van der Waals surface area (Å²) >= 11 is 1.20. The van der Waals surface area contributed by atoms with Crippen molar-refractivity contribution in [1.29, 1.82) is 0 Å². The summed E-state index contributed by atoms with van der Waals surface area (Å²) in [5.41, 5.74) is 0.415. The molecule has 2 N–H and O–H groups in total. The highest BCUT2D eigenvalue weighted by Gasteiger charge is 2.44. The van der Waals surface area contributed by atoms with Gasteiger partial charge in [0.1, 0.15) is 24.0 Å². The Kier molecular flexibility index (Phi) is 6.49. The highest BCUT2D eigenvalue weighted by Crippen LogP contribution is 2.33. The highest BCUT2D eigenvalue weighted by atomic mass is 32.2. The topological polar surface area (TPSA) is 150 Å². The van der Waals surface area contributed by atoms with Crippen LogP contribution in [0.4, 0.5) is 4.79 Å². The smallest absolute Gasteiger partial charge is 0.407 e. The minimum atomic E-state index is -5.43. The molecule has 2 aromatic heterocycles. The second-order valence-corrected chi connectivity index (χ2v) is 13.8. The fourth-order valence-corrected chi connectivity index (χ4v) is 6.98. The number of thiazole rings is 1. The van der Waals surface area contributed by atoms with Crippen molar-refractivity contribution >= 4 is 38.4 Å². The first kappa shape index (κ1) is 20.9. The number of hydrogen-bond donors (Lipinski definition) is 2. The number of carbonyl (C=O) groups is 1. The van der Waals surface area contributed by atoms with E-state index in [4.69, 9.17) is 42.6 Å². The van der Waals surface area contributed by atoms with Crippen molar-refractivity contribution in [3.8, 4) is 5.75 Å². The maximum atomic E-state index is 14.5. The van der Waals surface area contributed by atoms with E-state index < -0.39 is 104 Å². The number of nitrogens with one attached hydrogen (secondary N) is 1. The predicted octanol–water partition coefficient (Wildman–Crippen LogP) is 4.88. The summed E-state index contributed by atoms with van der Waals surface area (Å²) in [5, 5.41) is 16.4. The number of furan rings is 1. The second-order valence-electron chi connectivity index (χ2n) is 10.9. The van der Waals surface area contributed by atoms with Crippen LogP contribution in [0.15, 0.2) is 69.5 Å². The molecule has 2 aromatic carbocycles. The molecule has 0 spiro atoms. The quantitative estimate of drug-likeness (QED) is 0.185. The van der Waals surface area contributed by atoms with E-state index in [0.29, 0.717) is 5.01 Å². The van der Waals surface area contributed by atoms with Gasteiger partial charge < -0.3 is 33.8 Å². The molecule has 2 aliphatic heterocycles. The number of alkyl carbamates (subject to hydrolysis) is 1. The third-order valence-corrected chi connectivity index (χ3v) is 9.94. The Morgan fingerprint density at radius 1 is 1.29 bits per heavy atom. The number of benzene rings is 2. The van der Waals surface area contributed by atoms with Gasteiger partial charge in [-0.05, 0) is 67.6 Å². The van der Waals surface area contributed by atoms with Gasteiger partial charge in [-0.25, -0.2) is 18.2 Å². The van der Waals surface area contributed by atoms with Gasteiger partial charge in [-0.3, -0.25) is 0 Å². The summed E-state index contributed by atoms with van der Waals surface area (Å²) in [7, 11) is -5.43. The first-order valence-corrected chi connectivity index (χ1v) is 16.9. The van der Waals surface area contributed by atoms with Crippen molar-refractivity contribution in [2.75, 3.05) is 26.2 Å². The lowest BCUT2D eigenvalue weighted by molar-refractivity contribution is -0.0907. The number of carbonyl (C=O) groups excluding carboxylic acids is 1. The molecule has 0 bridgehead atoms. The van der Waals surface area contributed by atoms with Crippen LogP contribution in [0.1, 0.15) is 55.6 Å². The number of ether oxygens (including phenoxy) is 4. The summed E-state index contributed by atoms with van der Waals surface area (Å²) in [4.78, 5) is 17.1. The minimum absolute atomic E-state index is 0.00277. The van der Waals surface area contributed by atoms with E-state index in [9.17, 15) is 18.3 Å². The summed E-state index contributed by atoms with van der Waals surface area (Å²) in [6, 6.07) is 8.09. The van der Waals surface area contributed by atoms with E-state index in [2.05, 4.69) is 10.3 Å². The van der Waals surface area contributed by atoms with Gasteiger partial charge in [0.2, 0.25) is 10.0 Å². The number of aromatic nitrogens is 1. The lowest BCUT2D eigenvalue weighted by Gasteiger charge is -2.31. The molecule has 0 saturated carbocycles. The van der Waals surface area contributed by atoms with Gasteiger partial charge >= 0.3 is 6.09 Å². The van der Waals surface area contributed by atoms with Crippen LogP contribution < -0.4 is 10.1 Å². The maximum Gasteiger partial charge on any atom is 0.407 e. The molecule has 4 heterocycles. The minimum Gasteiger partial charge on any atom is -0.487 e.